The lowest BCUT2D eigenvalue weighted by Gasteiger charge is -2.32. The summed E-state index contributed by atoms with van der Waals surface area (Å²) in [5.74, 6) is 0. The molecule has 0 bridgehead atoms. The van der Waals surface area contributed by atoms with Crippen molar-refractivity contribution in [1.82, 2.24) is 66.4 Å². The van der Waals surface area contributed by atoms with Crippen LogP contribution in [0.25, 0.3) is 0 Å². The normalized spacial score (nSPS) is 15.2. The SMILES string of the molecule is CC(C)N([SiH3])C(C)C.CCC(C)N([SiH2]C)C(C)CC.CCC(C)N([SiH3])C(C)CC.CCC(C)N[SiH](C)NC(C)CC.CCC(C)N[SiH](CC)NC(C)CC.CCN(CC)[SiH2]C.CCN(CC)[SiH2]N(CC)CC.CC[SiH2]N(CC)CC.CN[SiH2]NC(C)(C)C.C[SiH2]N(C(C)C)C(C)C. The molecule has 97 heavy (non-hydrogen) atoms. The van der Waals surface area contributed by atoms with Crippen LogP contribution < -0.4 is 29.9 Å². The molecule has 0 fully saturated rings. The first-order valence-electron chi connectivity index (χ1n) is 41.5. The topological polar surface area (TPSA) is 98.1 Å². The van der Waals surface area contributed by atoms with Gasteiger partial charge >= 0.3 is 0 Å². The first-order chi connectivity index (χ1) is 45.2. The lowest BCUT2D eigenvalue weighted by atomic mass is 10.1. The van der Waals surface area contributed by atoms with E-state index in [2.05, 4.69) is 349 Å². The van der Waals surface area contributed by atoms with Crippen LogP contribution in [-0.2, 0) is 0 Å². The maximum Gasteiger partial charge on any atom is 0.184 e. The summed E-state index contributed by atoms with van der Waals surface area (Å²) in [6, 6.07) is 11.6. The molecule has 0 aromatic carbocycles. The maximum absolute atomic E-state index is 3.71. The minimum atomic E-state index is -0.864. The van der Waals surface area contributed by atoms with Gasteiger partial charge in [0, 0.05) is 5.54 Å². The van der Waals surface area contributed by atoms with E-state index in [1.807, 2.05) is 7.05 Å². The van der Waals surface area contributed by atoms with Crippen molar-refractivity contribution in [2.24, 2.45) is 0 Å². The number of hydrogen-bond acceptors (Lipinski definition) is 14. The molecule has 0 heterocycles. The highest BCUT2D eigenvalue weighted by Gasteiger charge is 2.16. The molecule has 0 aromatic heterocycles. The van der Waals surface area contributed by atoms with Gasteiger partial charge in [0.05, 0.1) is 59.5 Å². The second-order valence-electron chi connectivity index (χ2n) is 29.3. The smallest absolute Gasteiger partial charge is 0.184 e. The Morgan fingerprint density at radius 3 is 0.814 bits per heavy atom. The van der Waals surface area contributed by atoms with Crippen molar-refractivity contribution < 1.29 is 0 Å². The predicted octanol–water partition coefficient (Wildman–Crippen LogP) is 9.99. The molecule has 602 valence electrons. The Morgan fingerprint density at radius 1 is 0.371 bits per heavy atom. The highest BCUT2D eigenvalue weighted by Crippen LogP contribution is 2.10. The summed E-state index contributed by atoms with van der Waals surface area (Å²) in [6.45, 7) is 103. The largest absolute Gasteiger partial charge is 0.333 e. The monoisotopic (exact) mass is 1550 g/mol. The number of rotatable bonds is 42. The van der Waals surface area contributed by atoms with Crippen LogP contribution in [0.2, 0.25) is 38.3 Å². The Balaban J connectivity index is -0.000000109. The van der Waals surface area contributed by atoms with Crippen LogP contribution >= 0.6 is 0 Å². The van der Waals surface area contributed by atoms with Crippen molar-refractivity contribution in [2.45, 2.75) is 424 Å². The second kappa shape index (κ2) is 84.9. The van der Waals surface area contributed by atoms with Crippen molar-refractivity contribution in [2.75, 3.05) is 59.4 Å². The Hall–Kier alpha value is 1.61. The summed E-state index contributed by atoms with van der Waals surface area (Å²) in [6.07, 6.45) is 10.1. The van der Waals surface area contributed by atoms with Crippen molar-refractivity contribution in [3.63, 3.8) is 0 Å². The van der Waals surface area contributed by atoms with Crippen molar-refractivity contribution in [1.29, 1.82) is 0 Å². The van der Waals surface area contributed by atoms with E-state index in [0.717, 1.165) is 48.3 Å². The van der Waals surface area contributed by atoms with Crippen LogP contribution in [0.4, 0.5) is 0 Å². The molecule has 0 radical (unpaired) electrons. The van der Waals surface area contributed by atoms with Crippen LogP contribution in [0.3, 0.4) is 0 Å². The van der Waals surface area contributed by atoms with Crippen LogP contribution in [0.15, 0.2) is 0 Å². The Bertz CT molecular complexity index is 1350. The van der Waals surface area contributed by atoms with Gasteiger partial charge in [-0.05, 0) is 217 Å². The third-order valence-corrected chi connectivity index (χ3v) is 40.1. The minimum absolute atomic E-state index is 0.0444. The fourth-order valence-corrected chi connectivity index (χ4v) is 22.7. The molecule has 0 saturated heterocycles. The lowest BCUT2D eigenvalue weighted by Crippen LogP contribution is -2.53. The molecule has 0 aliphatic heterocycles. The van der Waals surface area contributed by atoms with Crippen molar-refractivity contribution in [3.05, 3.63) is 0 Å². The molecule has 24 heteroatoms. The Labute approximate surface area is 642 Å². The predicted molar refractivity (Wildman–Crippen MR) is 492 cm³/mol. The average molecular weight is 1560 g/mol. The number of nitrogens with one attached hydrogen (secondary N) is 6. The van der Waals surface area contributed by atoms with Gasteiger partial charge in [0.25, 0.3) is 0 Å². The summed E-state index contributed by atoms with van der Waals surface area (Å²) in [7, 11) is 2.84. The van der Waals surface area contributed by atoms with Crippen LogP contribution in [-0.4, -0.2) is 271 Å². The first kappa shape index (κ1) is 120. The molecule has 0 aliphatic carbocycles. The van der Waals surface area contributed by atoms with Crippen LogP contribution in [0, 0.1) is 0 Å². The molecular formula is C73H200N14Si10. The quantitative estimate of drug-likeness (QED) is 0.0328. The van der Waals surface area contributed by atoms with Gasteiger partial charge in [-0.15, -0.1) is 0 Å². The Kier molecular flexibility index (Phi) is 105. The van der Waals surface area contributed by atoms with Gasteiger partial charge in [0.15, 0.2) is 37.9 Å². The number of hydrogen-bond donors (Lipinski definition) is 6. The van der Waals surface area contributed by atoms with Gasteiger partial charge in [-0.3, -0.25) is 0 Å². The van der Waals surface area contributed by atoms with E-state index in [0.29, 0.717) is 29.7 Å². The van der Waals surface area contributed by atoms with Gasteiger partial charge < -0.3 is 66.4 Å². The van der Waals surface area contributed by atoms with Crippen LogP contribution in [0.5, 0.6) is 0 Å². The van der Waals surface area contributed by atoms with Crippen molar-refractivity contribution in [3.8, 4) is 0 Å². The fourth-order valence-electron chi connectivity index (χ4n) is 9.81. The molecule has 0 spiro atoms. The zero-order valence-corrected chi connectivity index (χ0v) is 90.9. The first-order valence-corrected chi connectivity index (χ1v) is 58.0. The molecule has 0 aliphatic rings. The lowest BCUT2D eigenvalue weighted by molar-refractivity contribution is 0.269. The third-order valence-electron chi connectivity index (χ3n) is 19.2. The zero-order chi connectivity index (χ0) is 78.4. The standard InChI is InChI=1S/C10H26N2Si.C9H24N2Si.C9H23NSi.C8H22N2Si.C8H21NSi.C7H19NSi.2C6H17NSi.C5H16N2Si.C5H15NSi/c1-6-9(4)11-13(8-3)12-10(5)7-2;1-6-8(3)10-12(5)11-9(4)7-2;1-6-8(3)10(11-5)9(4)7-2;1-5-9(6-2)11-10(7-3)8-4;1-5-7(3)9(10)8(4)6-2;1-6(2)8(9-5)7(3)4;1-5(2)7(8)6(3)4;1-4-7(5-2)8-6-3;1-5(2,3)7-8-6-4;1-4-6(5-2)7-3/h9-13H,6-8H2,1-5H3;8-12H,6-7H2,1-5H3;8-9H,6-7,11H2,1-5H3;5-8,11H2,1-4H3;7-8H,5-6H2,1-4,10H3;6-7H,9H2,1-5H3;5-6H,1-4,8H3;4-6,8H2,1-3H3;6-7H,8H2,1-4H3;4-5,7H2,1-3H3. The molecule has 0 rings (SSSR count). The van der Waals surface area contributed by atoms with E-state index in [9.17, 15) is 0 Å². The van der Waals surface area contributed by atoms with Gasteiger partial charge in [-0.25, -0.2) is 0 Å². The van der Waals surface area contributed by atoms with E-state index >= 15 is 0 Å². The fraction of sp³-hybridized carbons (Fsp3) is 1.00. The average Bonchev–Trinajstić information content (AvgIpc) is 2.82. The van der Waals surface area contributed by atoms with Crippen LogP contribution in [0.1, 0.15) is 308 Å². The molecule has 0 amide bonds. The van der Waals surface area contributed by atoms with Gasteiger partial charge in [-0.2, -0.15) is 0 Å². The van der Waals surface area contributed by atoms with Gasteiger partial charge in [0.2, 0.25) is 0 Å². The van der Waals surface area contributed by atoms with E-state index in [-0.39, 0.29) is 58.4 Å². The summed E-state index contributed by atoms with van der Waals surface area (Å²) >= 11 is 0. The summed E-state index contributed by atoms with van der Waals surface area (Å²) in [5, 5.41) is 0. The molecule has 6 N–H and O–H groups in total. The maximum atomic E-state index is 3.71. The number of nitrogens with zero attached hydrogens (tertiary/aromatic N) is 8. The zero-order valence-electron chi connectivity index (χ0n) is 76.1. The highest BCUT2D eigenvalue weighted by molar-refractivity contribution is 6.53. The summed E-state index contributed by atoms with van der Waals surface area (Å²) < 4.78 is 20.6. The third kappa shape index (κ3) is 86.4. The van der Waals surface area contributed by atoms with E-state index in [1.165, 1.54) is 137 Å². The summed E-state index contributed by atoms with van der Waals surface area (Å²) in [5.41, 5.74) is 0.301. The Morgan fingerprint density at radius 2 is 0.670 bits per heavy atom. The molecule has 0 aromatic rings. The molecular weight excluding hydrogens is 1350 g/mol. The second-order valence-corrected chi connectivity index (χ2v) is 46.2. The molecule has 14 nitrogen and oxygen atoms in total. The van der Waals surface area contributed by atoms with E-state index in [1.54, 1.807) is 0 Å². The minimum Gasteiger partial charge on any atom is -0.333 e. The van der Waals surface area contributed by atoms with E-state index in [4.69, 9.17) is 0 Å². The van der Waals surface area contributed by atoms with Gasteiger partial charge in [-0.1, -0.05) is 261 Å². The van der Waals surface area contributed by atoms with Crippen molar-refractivity contribution >= 4 is 97.5 Å². The molecule has 0 saturated carbocycles. The van der Waals surface area contributed by atoms with E-state index < -0.39 is 18.2 Å². The van der Waals surface area contributed by atoms with Gasteiger partial charge in [0.1, 0.15) is 0 Å². The molecule has 8 unspecified atom stereocenters. The summed E-state index contributed by atoms with van der Waals surface area (Å²) in [4.78, 5) is 21.2. The molecule has 8 atom stereocenters. The highest BCUT2D eigenvalue weighted by atomic mass is 28.3.